The highest BCUT2D eigenvalue weighted by atomic mass is 16.5. The summed E-state index contributed by atoms with van der Waals surface area (Å²) in [6, 6.07) is 4.73. The van der Waals surface area contributed by atoms with Crippen molar-refractivity contribution in [3.63, 3.8) is 0 Å². The van der Waals surface area contributed by atoms with E-state index in [2.05, 4.69) is 4.99 Å². The van der Waals surface area contributed by atoms with Gasteiger partial charge in [-0.1, -0.05) is 0 Å². The molecule has 0 aliphatic carbocycles. The van der Waals surface area contributed by atoms with Crippen LogP contribution in [0.15, 0.2) is 23.2 Å². The van der Waals surface area contributed by atoms with Crippen LogP contribution in [0.1, 0.15) is 12.5 Å². The quantitative estimate of drug-likeness (QED) is 0.732. The van der Waals surface area contributed by atoms with E-state index in [0.717, 1.165) is 0 Å². The molecule has 15 heavy (non-hydrogen) atoms. The van der Waals surface area contributed by atoms with E-state index < -0.39 is 0 Å². The third kappa shape index (κ3) is 3.25. The van der Waals surface area contributed by atoms with Gasteiger partial charge in [0.25, 0.3) is 0 Å². The lowest BCUT2D eigenvalue weighted by atomic mass is 10.2. The summed E-state index contributed by atoms with van der Waals surface area (Å²) < 4.78 is 5.02. The van der Waals surface area contributed by atoms with E-state index in [9.17, 15) is 5.11 Å². The normalized spacial score (nSPS) is 13.0. The minimum Gasteiger partial charge on any atom is -0.507 e. The van der Waals surface area contributed by atoms with Crippen molar-refractivity contribution < 1.29 is 14.9 Å². The van der Waals surface area contributed by atoms with Gasteiger partial charge in [0.1, 0.15) is 11.5 Å². The van der Waals surface area contributed by atoms with Crippen LogP contribution < -0.4 is 4.74 Å². The highest BCUT2D eigenvalue weighted by Gasteiger charge is 2.01. The predicted molar refractivity (Wildman–Crippen MR) is 58.8 cm³/mol. The molecule has 1 aromatic carbocycles. The zero-order chi connectivity index (χ0) is 11.3. The molecule has 0 saturated heterocycles. The molecule has 4 heteroatoms. The van der Waals surface area contributed by atoms with Crippen LogP contribution in [0.4, 0.5) is 0 Å². The molecule has 4 nitrogen and oxygen atoms in total. The van der Waals surface area contributed by atoms with Gasteiger partial charge in [-0.05, 0) is 25.1 Å². The molecule has 0 saturated carbocycles. The third-order valence-corrected chi connectivity index (χ3v) is 1.97. The molecule has 2 N–H and O–H groups in total. The molecule has 1 aromatic rings. The fourth-order valence-corrected chi connectivity index (χ4v) is 1.02. The Morgan fingerprint density at radius 2 is 2.27 bits per heavy atom. The molecule has 0 radical (unpaired) electrons. The molecule has 0 aliphatic rings. The van der Waals surface area contributed by atoms with Crippen LogP contribution in [0.5, 0.6) is 11.5 Å². The molecule has 82 valence electrons. The number of phenolic OH excluding ortho intramolecular Hbond substituents is 1. The molecule has 0 heterocycles. The van der Waals surface area contributed by atoms with Gasteiger partial charge in [-0.15, -0.1) is 0 Å². The molecular formula is C11H15NO3. The number of hydrogen-bond acceptors (Lipinski definition) is 4. The van der Waals surface area contributed by atoms with Crippen LogP contribution in [0.3, 0.4) is 0 Å². The maximum atomic E-state index is 9.51. The van der Waals surface area contributed by atoms with Crippen LogP contribution in [0.25, 0.3) is 0 Å². The largest absolute Gasteiger partial charge is 0.507 e. The van der Waals surface area contributed by atoms with Gasteiger partial charge in [0.15, 0.2) is 0 Å². The Balaban J connectivity index is 2.88. The number of hydrogen-bond donors (Lipinski definition) is 2. The van der Waals surface area contributed by atoms with Crippen molar-refractivity contribution >= 4 is 6.21 Å². The summed E-state index contributed by atoms with van der Waals surface area (Å²) in [4.78, 5) is 4.06. The zero-order valence-electron chi connectivity index (χ0n) is 8.84. The van der Waals surface area contributed by atoms with Gasteiger partial charge >= 0.3 is 0 Å². The molecule has 0 aromatic heterocycles. The summed E-state index contributed by atoms with van der Waals surface area (Å²) in [5.41, 5.74) is 0.578. The van der Waals surface area contributed by atoms with Gasteiger partial charge < -0.3 is 14.9 Å². The monoisotopic (exact) mass is 209 g/mol. The topological polar surface area (TPSA) is 62.0 Å². The lowest BCUT2D eigenvalue weighted by Crippen LogP contribution is -2.04. The Kier molecular flexibility index (Phi) is 4.12. The summed E-state index contributed by atoms with van der Waals surface area (Å²) in [6.07, 6.45) is 1.53. The lowest BCUT2D eigenvalue weighted by Gasteiger charge is -2.04. The summed E-state index contributed by atoms with van der Waals surface area (Å²) >= 11 is 0. The smallest absolute Gasteiger partial charge is 0.124 e. The van der Waals surface area contributed by atoms with E-state index in [-0.39, 0.29) is 18.4 Å². The second-order valence-corrected chi connectivity index (χ2v) is 3.23. The number of aliphatic hydroxyl groups is 1. The first-order valence-corrected chi connectivity index (χ1v) is 4.68. The second kappa shape index (κ2) is 5.36. The summed E-state index contributed by atoms with van der Waals surface area (Å²) in [5.74, 6) is 0.801. The zero-order valence-corrected chi connectivity index (χ0v) is 8.84. The van der Waals surface area contributed by atoms with Gasteiger partial charge in [0, 0.05) is 11.8 Å². The first kappa shape index (κ1) is 11.5. The highest BCUT2D eigenvalue weighted by Crippen LogP contribution is 2.21. The van der Waals surface area contributed by atoms with E-state index in [1.807, 2.05) is 0 Å². The van der Waals surface area contributed by atoms with Gasteiger partial charge in [-0.3, -0.25) is 4.99 Å². The first-order chi connectivity index (χ1) is 7.17. The molecule has 0 amide bonds. The van der Waals surface area contributed by atoms with Crippen molar-refractivity contribution in [1.82, 2.24) is 0 Å². The molecule has 0 aliphatic heterocycles. The van der Waals surface area contributed by atoms with Crippen molar-refractivity contribution in [2.45, 2.75) is 13.0 Å². The summed E-state index contributed by atoms with van der Waals surface area (Å²) in [7, 11) is 1.56. The Morgan fingerprint density at radius 3 is 2.87 bits per heavy atom. The van der Waals surface area contributed by atoms with Crippen LogP contribution in [-0.2, 0) is 0 Å². The van der Waals surface area contributed by atoms with Crippen molar-refractivity contribution in [1.29, 1.82) is 0 Å². The average Bonchev–Trinajstić information content (AvgIpc) is 2.27. The van der Waals surface area contributed by atoms with Crippen LogP contribution in [0, 0.1) is 0 Å². The minimum absolute atomic E-state index is 0.0127. The maximum Gasteiger partial charge on any atom is 0.124 e. The number of phenols is 1. The standard InChI is InChI=1S/C11H15NO3/c1-8(7-13)12-6-9-5-10(15-2)3-4-11(9)14/h3-6,8,13-14H,7H2,1-2H3. The molecule has 1 atom stereocenters. The Labute approximate surface area is 88.9 Å². The van der Waals surface area contributed by atoms with Crippen LogP contribution in [-0.4, -0.2) is 36.2 Å². The summed E-state index contributed by atoms with van der Waals surface area (Å²) in [6.45, 7) is 1.77. The maximum absolute atomic E-state index is 9.51. The average molecular weight is 209 g/mol. The van der Waals surface area contributed by atoms with Gasteiger partial charge in [0.2, 0.25) is 0 Å². The van der Waals surface area contributed by atoms with Gasteiger partial charge in [-0.2, -0.15) is 0 Å². The van der Waals surface area contributed by atoms with E-state index in [4.69, 9.17) is 9.84 Å². The Morgan fingerprint density at radius 1 is 1.53 bits per heavy atom. The lowest BCUT2D eigenvalue weighted by molar-refractivity contribution is 0.275. The van der Waals surface area contributed by atoms with Crippen molar-refractivity contribution in [3.8, 4) is 11.5 Å². The second-order valence-electron chi connectivity index (χ2n) is 3.23. The van der Waals surface area contributed by atoms with Crippen molar-refractivity contribution in [2.24, 2.45) is 4.99 Å². The Bertz CT molecular complexity index is 350. The first-order valence-electron chi connectivity index (χ1n) is 4.68. The van der Waals surface area contributed by atoms with Crippen molar-refractivity contribution in [3.05, 3.63) is 23.8 Å². The van der Waals surface area contributed by atoms with E-state index >= 15 is 0 Å². The molecule has 1 unspecified atom stereocenters. The van der Waals surface area contributed by atoms with E-state index in [0.29, 0.717) is 11.3 Å². The number of ether oxygens (including phenoxy) is 1. The number of rotatable bonds is 4. The van der Waals surface area contributed by atoms with Crippen molar-refractivity contribution in [2.75, 3.05) is 13.7 Å². The van der Waals surface area contributed by atoms with E-state index in [1.54, 1.807) is 32.2 Å². The molecule has 1 rings (SSSR count). The van der Waals surface area contributed by atoms with Crippen LogP contribution in [0.2, 0.25) is 0 Å². The number of nitrogens with zero attached hydrogens (tertiary/aromatic N) is 1. The molecule has 0 bridgehead atoms. The fourth-order valence-electron chi connectivity index (χ4n) is 1.02. The molecule has 0 fully saturated rings. The number of aliphatic hydroxyl groups excluding tert-OH is 1. The van der Waals surface area contributed by atoms with Gasteiger partial charge in [0.05, 0.1) is 19.8 Å². The molecular weight excluding hydrogens is 194 g/mol. The summed E-state index contributed by atoms with van der Waals surface area (Å²) in [5, 5.41) is 18.3. The number of benzene rings is 1. The molecule has 0 spiro atoms. The minimum atomic E-state index is -0.171. The van der Waals surface area contributed by atoms with Crippen LogP contribution >= 0.6 is 0 Å². The third-order valence-electron chi connectivity index (χ3n) is 1.97. The fraction of sp³-hybridized carbons (Fsp3) is 0.364. The number of aliphatic imine (C=N–C) groups is 1. The van der Waals surface area contributed by atoms with E-state index in [1.165, 1.54) is 6.21 Å². The number of methoxy groups -OCH3 is 1. The predicted octanol–water partition coefficient (Wildman–Crippen LogP) is 1.20. The SMILES string of the molecule is COc1ccc(O)c(C=NC(C)CO)c1. The van der Waals surface area contributed by atoms with Gasteiger partial charge in [-0.25, -0.2) is 0 Å². The highest BCUT2D eigenvalue weighted by molar-refractivity contribution is 5.84. The Hall–Kier alpha value is -1.55. The number of aromatic hydroxyl groups is 1.